The normalized spacial score (nSPS) is 11.3. The Kier molecular flexibility index (Phi) is 7.91. The van der Waals surface area contributed by atoms with Gasteiger partial charge in [0.05, 0.1) is 20.2 Å². The van der Waals surface area contributed by atoms with E-state index in [0.29, 0.717) is 25.2 Å². The quantitative estimate of drug-likeness (QED) is 0.584. The fourth-order valence-electron chi connectivity index (χ4n) is 2.81. The minimum atomic E-state index is -0.0895. The lowest BCUT2D eigenvalue weighted by Crippen LogP contribution is -2.41. The summed E-state index contributed by atoms with van der Waals surface area (Å²) >= 11 is 0. The van der Waals surface area contributed by atoms with E-state index in [1.807, 2.05) is 31.2 Å². The van der Waals surface area contributed by atoms with E-state index in [4.69, 9.17) is 4.74 Å². The monoisotopic (exact) mass is 382 g/mol. The first-order valence-electron chi connectivity index (χ1n) is 9.49. The molecule has 0 atom stereocenters. The molecule has 2 N–H and O–H groups in total. The Hall–Kier alpha value is -2.50. The van der Waals surface area contributed by atoms with E-state index in [-0.39, 0.29) is 23.5 Å². The zero-order valence-corrected chi connectivity index (χ0v) is 17.2. The number of nitrogens with one attached hydrogen (secondary N) is 2. The van der Waals surface area contributed by atoms with Gasteiger partial charge in [-0.25, -0.2) is 0 Å². The summed E-state index contributed by atoms with van der Waals surface area (Å²) in [6.45, 7) is 8.12. The molecule has 28 heavy (non-hydrogen) atoms. The highest BCUT2D eigenvalue weighted by atomic mass is 16.5. The molecule has 0 radical (unpaired) electrons. The van der Waals surface area contributed by atoms with E-state index in [9.17, 15) is 9.59 Å². The number of ether oxygens (including phenoxy) is 1. The first-order valence-corrected chi connectivity index (χ1v) is 9.49. The van der Waals surface area contributed by atoms with Crippen molar-refractivity contribution in [3.63, 3.8) is 0 Å². The van der Waals surface area contributed by atoms with Gasteiger partial charge in [-0.1, -0.05) is 43.7 Å². The van der Waals surface area contributed by atoms with Crippen molar-refractivity contribution in [3.05, 3.63) is 65.2 Å². The molecule has 0 fully saturated rings. The number of hydrogen-bond acceptors (Lipinski definition) is 5. The van der Waals surface area contributed by atoms with E-state index in [1.54, 1.807) is 31.4 Å². The van der Waals surface area contributed by atoms with Crippen LogP contribution in [0.1, 0.15) is 40.1 Å². The largest absolute Gasteiger partial charge is 0.497 e. The fourth-order valence-corrected chi connectivity index (χ4v) is 2.81. The summed E-state index contributed by atoms with van der Waals surface area (Å²) in [7, 11) is 1.60. The van der Waals surface area contributed by atoms with E-state index in [2.05, 4.69) is 24.5 Å². The number of Topliss-reactive ketones (excluding diaryl/α,β-unsaturated/α-hetero) is 2. The van der Waals surface area contributed by atoms with Crippen LogP contribution in [0, 0.1) is 12.3 Å². The average molecular weight is 383 g/mol. The molecule has 5 heteroatoms. The van der Waals surface area contributed by atoms with Gasteiger partial charge in [0.1, 0.15) is 5.75 Å². The van der Waals surface area contributed by atoms with Gasteiger partial charge in [-0.15, -0.1) is 0 Å². The fraction of sp³-hybridized carbons (Fsp3) is 0.391. The molecule has 2 rings (SSSR count). The Morgan fingerprint density at radius 1 is 0.821 bits per heavy atom. The number of carbonyl (C=O) groups is 2. The second kappa shape index (κ2) is 10.2. The van der Waals surface area contributed by atoms with Crippen LogP contribution in [-0.2, 0) is 0 Å². The van der Waals surface area contributed by atoms with Crippen LogP contribution in [0.5, 0.6) is 5.75 Å². The van der Waals surface area contributed by atoms with Gasteiger partial charge in [0.25, 0.3) is 0 Å². The molecule has 0 aromatic heterocycles. The highest BCUT2D eigenvalue weighted by Gasteiger charge is 2.18. The maximum Gasteiger partial charge on any atom is 0.176 e. The summed E-state index contributed by atoms with van der Waals surface area (Å²) < 4.78 is 5.10. The number of aryl methyl sites for hydroxylation is 1. The molecule has 5 nitrogen and oxygen atoms in total. The van der Waals surface area contributed by atoms with Crippen LogP contribution in [0.2, 0.25) is 0 Å². The molecule has 2 aromatic rings. The molecule has 0 amide bonds. The molecular formula is C23H30N2O3. The SMILES string of the molecule is COc1ccc(C(=O)CNCC(C)(C)CNCC(=O)c2ccc(C)cc2)cc1. The van der Waals surface area contributed by atoms with Crippen LogP contribution < -0.4 is 15.4 Å². The first-order chi connectivity index (χ1) is 13.3. The van der Waals surface area contributed by atoms with Crippen LogP contribution in [0.25, 0.3) is 0 Å². The molecule has 0 heterocycles. The minimum Gasteiger partial charge on any atom is -0.497 e. The van der Waals surface area contributed by atoms with Crippen molar-refractivity contribution in [3.8, 4) is 5.75 Å². The third-order valence-electron chi connectivity index (χ3n) is 4.56. The molecule has 2 aromatic carbocycles. The van der Waals surface area contributed by atoms with E-state index in [1.165, 1.54) is 0 Å². The summed E-state index contributed by atoms with van der Waals surface area (Å²) in [5.41, 5.74) is 2.43. The maximum atomic E-state index is 12.3. The predicted molar refractivity (Wildman–Crippen MR) is 112 cm³/mol. The lowest BCUT2D eigenvalue weighted by atomic mass is 9.93. The van der Waals surface area contributed by atoms with Crippen molar-refractivity contribution in [2.75, 3.05) is 33.3 Å². The van der Waals surface area contributed by atoms with Crippen LogP contribution >= 0.6 is 0 Å². The summed E-state index contributed by atoms with van der Waals surface area (Å²) in [6, 6.07) is 14.7. The van der Waals surface area contributed by atoms with Crippen LogP contribution in [0.3, 0.4) is 0 Å². The Bertz CT molecular complexity index is 780. The Morgan fingerprint density at radius 2 is 1.25 bits per heavy atom. The summed E-state index contributed by atoms with van der Waals surface area (Å²) in [5, 5.41) is 6.46. The van der Waals surface area contributed by atoms with Crippen molar-refractivity contribution in [1.82, 2.24) is 10.6 Å². The van der Waals surface area contributed by atoms with Crippen molar-refractivity contribution in [1.29, 1.82) is 0 Å². The third-order valence-corrected chi connectivity index (χ3v) is 4.56. The Morgan fingerprint density at radius 3 is 1.68 bits per heavy atom. The van der Waals surface area contributed by atoms with E-state index < -0.39 is 0 Å². The topological polar surface area (TPSA) is 67.4 Å². The molecule has 0 aliphatic rings. The van der Waals surface area contributed by atoms with Gasteiger partial charge in [0.15, 0.2) is 11.6 Å². The molecule has 0 spiro atoms. The van der Waals surface area contributed by atoms with Crippen LogP contribution in [0.15, 0.2) is 48.5 Å². The molecule has 0 unspecified atom stereocenters. The molecule has 0 bridgehead atoms. The Labute approximate surface area is 167 Å². The summed E-state index contributed by atoms with van der Waals surface area (Å²) in [6.07, 6.45) is 0. The van der Waals surface area contributed by atoms with Crippen molar-refractivity contribution < 1.29 is 14.3 Å². The smallest absolute Gasteiger partial charge is 0.176 e. The minimum absolute atomic E-state index is 0.0426. The van der Waals surface area contributed by atoms with E-state index in [0.717, 1.165) is 16.9 Å². The maximum absolute atomic E-state index is 12.3. The number of carbonyl (C=O) groups excluding carboxylic acids is 2. The van der Waals surface area contributed by atoms with Crippen LogP contribution in [-0.4, -0.2) is 44.9 Å². The van der Waals surface area contributed by atoms with Gasteiger partial charge >= 0.3 is 0 Å². The second-order valence-electron chi connectivity index (χ2n) is 7.81. The molecular weight excluding hydrogens is 352 g/mol. The summed E-state index contributed by atoms with van der Waals surface area (Å²) in [5.74, 6) is 0.858. The van der Waals surface area contributed by atoms with Gasteiger partial charge in [0, 0.05) is 24.2 Å². The lowest BCUT2D eigenvalue weighted by Gasteiger charge is -2.25. The lowest BCUT2D eigenvalue weighted by molar-refractivity contribution is 0.0985. The van der Waals surface area contributed by atoms with Crippen LogP contribution in [0.4, 0.5) is 0 Å². The first kappa shape index (κ1) is 21.8. The standard InChI is InChI=1S/C23H30N2O3/c1-17-5-7-18(8-6-17)21(26)13-24-15-23(2,3)16-25-14-22(27)19-9-11-20(28-4)12-10-19/h5-12,24-25H,13-16H2,1-4H3. The number of methoxy groups -OCH3 is 1. The zero-order valence-electron chi connectivity index (χ0n) is 17.2. The number of hydrogen-bond donors (Lipinski definition) is 2. The molecule has 0 aliphatic heterocycles. The van der Waals surface area contributed by atoms with Crippen molar-refractivity contribution >= 4 is 11.6 Å². The van der Waals surface area contributed by atoms with Crippen molar-refractivity contribution in [2.24, 2.45) is 5.41 Å². The van der Waals surface area contributed by atoms with Gasteiger partial charge in [-0.3, -0.25) is 9.59 Å². The number of benzene rings is 2. The van der Waals surface area contributed by atoms with Gasteiger partial charge in [0.2, 0.25) is 0 Å². The van der Waals surface area contributed by atoms with Gasteiger partial charge in [-0.2, -0.15) is 0 Å². The molecule has 0 saturated carbocycles. The Balaban J connectivity index is 1.71. The highest BCUT2D eigenvalue weighted by molar-refractivity contribution is 5.98. The zero-order chi connectivity index (χ0) is 20.6. The van der Waals surface area contributed by atoms with Gasteiger partial charge in [-0.05, 0) is 36.6 Å². The number of ketones is 2. The molecule has 0 aliphatic carbocycles. The average Bonchev–Trinajstić information content (AvgIpc) is 2.68. The van der Waals surface area contributed by atoms with Crippen molar-refractivity contribution in [2.45, 2.75) is 20.8 Å². The second-order valence-corrected chi connectivity index (χ2v) is 7.81. The molecule has 150 valence electrons. The third kappa shape index (κ3) is 6.91. The predicted octanol–water partition coefficient (Wildman–Crippen LogP) is 3.27. The highest BCUT2D eigenvalue weighted by Crippen LogP contribution is 2.13. The summed E-state index contributed by atoms with van der Waals surface area (Å²) in [4.78, 5) is 24.5. The molecule has 0 saturated heterocycles. The van der Waals surface area contributed by atoms with E-state index >= 15 is 0 Å². The number of rotatable bonds is 11. The van der Waals surface area contributed by atoms with Gasteiger partial charge < -0.3 is 15.4 Å².